The summed E-state index contributed by atoms with van der Waals surface area (Å²) < 4.78 is 45.8. The molecular formula is C19H13F3N4O2S2. The lowest BCUT2D eigenvalue weighted by atomic mass is 10.0. The van der Waals surface area contributed by atoms with Gasteiger partial charge in [-0.3, -0.25) is 9.79 Å². The Hall–Kier alpha value is -2.66. The third kappa shape index (κ3) is 3.03. The van der Waals surface area contributed by atoms with Crippen molar-refractivity contribution in [3.63, 3.8) is 0 Å². The van der Waals surface area contributed by atoms with Crippen molar-refractivity contribution in [1.82, 2.24) is 4.98 Å². The van der Waals surface area contributed by atoms with Crippen molar-refractivity contribution in [3.8, 4) is 11.3 Å². The van der Waals surface area contributed by atoms with Gasteiger partial charge in [-0.2, -0.15) is 13.2 Å². The van der Waals surface area contributed by atoms with Crippen LogP contribution in [0, 0.1) is 0 Å². The van der Waals surface area contributed by atoms with Gasteiger partial charge in [0.1, 0.15) is 21.5 Å². The lowest BCUT2D eigenvalue weighted by Gasteiger charge is -2.19. The number of amides is 1. The minimum Gasteiger partial charge on any atom is -0.464 e. The van der Waals surface area contributed by atoms with Gasteiger partial charge in [-0.1, -0.05) is 18.7 Å². The molecule has 0 aromatic carbocycles. The van der Waals surface area contributed by atoms with Crippen LogP contribution in [0.4, 0.5) is 18.9 Å². The number of hydrogen-bond donors (Lipinski definition) is 1. The van der Waals surface area contributed by atoms with Crippen LogP contribution in [0.1, 0.15) is 23.9 Å². The molecule has 0 saturated carbocycles. The molecule has 1 N–H and O–H groups in total. The van der Waals surface area contributed by atoms with E-state index in [2.05, 4.69) is 20.3 Å². The Bertz CT molecular complexity index is 1230. The fourth-order valence-electron chi connectivity index (χ4n) is 3.33. The fourth-order valence-corrected chi connectivity index (χ4v) is 5.56. The van der Waals surface area contributed by atoms with Gasteiger partial charge in [-0.25, -0.2) is 9.98 Å². The van der Waals surface area contributed by atoms with Crippen LogP contribution < -0.4 is 5.32 Å². The van der Waals surface area contributed by atoms with Gasteiger partial charge in [0.25, 0.3) is 0 Å². The average Bonchev–Trinajstić information content (AvgIpc) is 3.43. The summed E-state index contributed by atoms with van der Waals surface area (Å²) in [6, 6.07) is 4.12. The van der Waals surface area contributed by atoms with Gasteiger partial charge >= 0.3 is 6.18 Å². The number of hydrogen-bond acceptors (Lipinski definition) is 6. The molecule has 5 rings (SSSR count). The van der Waals surface area contributed by atoms with Gasteiger partial charge in [0, 0.05) is 17.5 Å². The van der Waals surface area contributed by atoms with E-state index < -0.39 is 17.1 Å². The lowest BCUT2D eigenvalue weighted by molar-refractivity contribution is -0.140. The Labute approximate surface area is 176 Å². The fraction of sp³-hybridized carbons (Fsp3) is 0.263. The van der Waals surface area contributed by atoms with Crippen molar-refractivity contribution in [2.24, 2.45) is 9.98 Å². The highest BCUT2D eigenvalue weighted by Crippen LogP contribution is 2.47. The summed E-state index contributed by atoms with van der Waals surface area (Å²) in [7, 11) is 0. The SMILES string of the molecule is CCCN=C1N=C2c3sc4nc(C(F)(F)F)cc(-c5ccco5)c4c3NC(=O)C2S1. The first-order valence-electron chi connectivity index (χ1n) is 9.06. The van der Waals surface area contributed by atoms with Crippen LogP contribution in [0.25, 0.3) is 21.5 Å². The van der Waals surface area contributed by atoms with Crippen LogP contribution in [0.3, 0.4) is 0 Å². The Balaban J connectivity index is 1.76. The number of aliphatic imine (C=N–C) groups is 2. The van der Waals surface area contributed by atoms with Crippen LogP contribution in [-0.2, 0) is 11.0 Å². The maximum atomic E-state index is 13.5. The molecule has 1 unspecified atom stereocenters. The Morgan fingerprint density at radius 2 is 2.20 bits per heavy atom. The zero-order valence-electron chi connectivity index (χ0n) is 15.4. The first-order valence-corrected chi connectivity index (χ1v) is 10.8. The molecule has 0 bridgehead atoms. The third-order valence-corrected chi connectivity index (χ3v) is 6.83. The molecule has 6 nitrogen and oxygen atoms in total. The summed E-state index contributed by atoms with van der Waals surface area (Å²) in [5.74, 6) is -0.0178. The molecule has 0 fully saturated rings. The normalized spacial score (nSPS) is 19.7. The second-order valence-electron chi connectivity index (χ2n) is 6.66. The predicted octanol–water partition coefficient (Wildman–Crippen LogP) is 5.20. The highest BCUT2D eigenvalue weighted by molar-refractivity contribution is 8.16. The Kier molecular flexibility index (Phi) is 4.47. The molecule has 154 valence electrons. The van der Waals surface area contributed by atoms with Gasteiger partial charge in [0.05, 0.1) is 22.5 Å². The molecule has 1 atom stereocenters. The number of anilines is 1. The molecular weight excluding hydrogens is 437 g/mol. The van der Waals surface area contributed by atoms with Crippen LogP contribution in [-0.4, -0.2) is 33.6 Å². The zero-order valence-corrected chi connectivity index (χ0v) is 17.0. The van der Waals surface area contributed by atoms with E-state index in [1.807, 2.05) is 6.92 Å². The number of nitrogens with one attached hydrogen (secondary N) is 1. The number of rotatable bonds is 3. The minimum atomic E-state index is -4.62. The number of fused-ring (bicyclic) bond motifs is 5. The maximum Gasteiger partial charge on any atom is 0.433 e. The van der Waals surface area contributed by atoms with Gasteiger partial charge in [-0.05, 0) is 24.6 Å². The number of alkyl halides is 3. The maximum absolute atomic E-state index is 13.5. The lowest BCUT2D eigenvalue weighted by Crippen LogP contribution is -2.35. The van der Waals surface area contributed by atoms with Crippen molar-refractivity contribution in [2.75, 3.05) is 11.9 Å². The smallest absolute Gasteiger partial charge is 0.433 e. The number of halogens is 3. The molecule has 3 aromatic heterocycles. The molecule has 30 heavy (non-hydrogen) atoms. The Morgan fingerprint density at radius 3 is 2.90 bits per heavy atom. The molecule has 2 aliphatic rings. The number of amidine groups is 1. The Morgan fingerprint density at radius 1 is 1.37 bits per heavy atom. The summed E-state index contributed by atoms with van der Waals surface area (Å²) in [6.07, 6.45) is -2.39. The van der Waals surface area contributed by atoms with Gasteiger partial charge in [-0.15, -0.1) is 11.3 Å². The molecule has 0 aliphatic carbocycles. The van der Waals surface area contributed by atoms with E-state index in [4.69, 9.17) is 4.42 Å². The summed E-state index contributed by atoms with van der Waals surface area (Å²) in [4.78, 5) is 26.2. The van der Waals surface area contributed by atoms with E-state index in [0.29, 0.717) is 33.4 Å². The van der Waals surface area contributed by atoms with E-state index in [1.165, 1.54) is 18.0 Å². The van der Waals surface area contributed by atoms with Crippen LogP contribution in [0.15, 0.2) is 38.9 Å². The number of aromatic nitrogens is 1. The number of pyridine rings is 1. The second kappa shape index (κ2) is 6.95. The quantitative estimate of drug-likeness (QED) is 0.595. The summed E-state index contributed by atoms with van der Waals surface area (Å²) in [6.45, 7) is 2.58. The molecule has 3 aromatic rings. The van der Waals surface area contributed by atoms with E-state index in [1.54, 1.807) is 12.1 Å². The van der Waals surface area contributed by atoms with E-state index in [-0.39, 0.29) is 22.1 Å². The van der Waals surface area contributed by atoms with E-state index in [9.17, 15) is 18.0 Å². The summed E-state index contributed by atoms with van der Waals surface area (Å²) in [5.41, 5.74) is 0.131. The molecule has 5 heterocycles. The highest BCUT2D eigenvalue weighted by atomic mass is 32.2. The van der Waals surface area contributed by atoms with Crippen LogP contribution in [0.2, 0.25) is 0 Å². The van der Waals surface area contributed by atoms with E-state index in [0.717, 1.165) is 23.8 Å². The van der Waals surface area contributed by atoms with Crippen molar-refractivity contribution in [1.29, 1.82) is 0 Å². The first kappa shape index (κ1) is 19.3. The zero-order chi connectivity index (χ0) is 21.0. The molecule has 0 saturated heterocycles. The predicted molar refractivity (Wildman–Crippen MR) is 111 cm³/mol. The molecule has 2 aliphatic heterocycles. The number of thioether (sulfide) groups is 1. The first-order chi connectivity index (χ1) is 14.4. The average molecular weight is 450 g/mol. The number of carbonyl (C=O) groups excluding carboxylic acids is 1. The van der Waals surface area contributed by atoms with Crippen molar-refractivity contribution >= 4 is 55.8 Å². The van der Waals surface area contributed by atoms with E-state index >= 15 is 0 Å². The highest BCUT2D eigenvalue weighted by Gasteiger charge is 2.42. The number of carbonyl (C=O) groups is 1. The molecule has 0 radical (unpaired) electrons. The third-order valence-electron chi connectivity index (χ3n) is 4.62. The van der Waals surface area contributed by atoms with Gasteiger partial charge < -0.3 is 9.73 Å². The van der Waals surface area contributed by atoms with Crippen LogP contribution >= 0.6 is 23.1 Å². The van der Waals surface area contributed by atoms with Gasteiger partial charge in [0.2, 0.25) is 5.91 Å². The second-order valence-corrected chi connectivity index (χ2v) is 8.74. The monoisotopic (exact) mass is 450 g/mol. The molecule has 0 spiro atoms. The summed E-state index contributed by atoms with van der Waals surface area (Å²) >= 11 is 2.33. The molecule has 11 heteroatoms. The number of thiophene rings is 1. The summed E-state index contributed by atoms with van der Waals surface area (Å²) in [5, 5.41) is 3.19. The number of nitrogens with zero attached hydrogens (tertiary/aromatic N) is 3. The standard InChI is InChI=1S/C19H13F3N4O2S2/c1-2-5-23-18-26-13-14-12(25-16(27)15(13)30-18)11-8(9-4-3-6-28-9)7-10(19(20,21)22)24-17(11)29-14/h3-4,6-7,15H,2,5H2,1H3,(H,25,27). The topological polar surface area (TPSA) is 79.8 Å². The van der Waals surface area contributed by atoms with Crippen LogP contribution in [0.5, 0.6) is 0 Å². The minimum absolute atomic E-state index is 0.161. The number of furan rings is 1. The van der Waals surface area contributed by atoms with Crippen molar-refractivity contribution < 1.29 is 22.4 Å². The largest absolute Gasteiger partial charge is 0.464 e. The van der Waals surface area contributed by atoms with Crippen molar-refractivity contribution in [3.05, 3.63) is 35.0 Å². The van der Waals surface area contributed by atoms with Crippen molar-refractivity contribution in [2.45, 2.75) is 24.8 Å². The molecule has 1 amide bonds. The van der Waals surface area contributed by atoms with Gasteiger partial charge in [0.15, 0.2) is 5.17 Å².